The highest BCUT2D eigenvalue weighted by molar-refractivity contribution is 9.10. The molecule has 0 atom stereocenters. The van der Waals surface area contributed by atoms with Crippen LogP contribution < -0.4 is 5.32 Å². The number of nitrogens with zero attached hydrogens (tertiary/aromatic N) is 1. The van der Waals surface area contributed by atoms with Crippen molar-refractivity contribution in [3.8, 4) is 0 Å². The molecular weight excluding hydrogens is 336 g/mol. The number of aryl methyl sites for hydroxylation is 1. The van der Waals surface area contributed by atoms with Crippen molar-refractivity contribution in [1.29, 1.82) is 0 Å². The number of halogens is 1. The van der Waals surface area contributed by atoms with E-state index in [1.165, 1.54) is 10.4 Å². The molecule has 3 nitrogen and oxygen atoms in total. The van der Waals surface area contributed by atoms with Crippen LogP contribution in [0.5, 0.6) is 0 Å². The topological polar surface area (TPSA) is 28.4 Å². The Kier molecular flexibility index (Phi) is 5.84. The molecule has 0 aliphatic heterocycles. The first-order chi connectivity index (χ1) is 9.58. The second-order valence-corrected chi connectivity index (χ2v) is 6.91. The average molecular weight is 357 g/mol. The third-order valence-corrected chi connectivity index (χ3v) is 4.76. The number of rotatable bonds is 7. The minimum atomic E-state index is 0.809. The third-order valence-electron chi connectivity index (χ3n) is 3.08. The summed E-state index contributed by atoms with van der Waals surface area (Å²) in [5.74, 6) is 2.09. The lowest BCUT2D eigenvalue weighted by atomic mass is 10.2. The van der Waals surface area contributed by atoms with Crippen LogP contribution in [0, 0.1) is 6.92 Å². The molecule has 110 valence electrons. The Labute approximate surface area is 133 Å². The first kappa shape index (κ1) is 15.8. The van der Waals surface area contributed by atoms with E-state index in [2.05, 4.69) is 64.6 Å². The van der Waals surface area contributed by atoms with Crippen LogP contribution >= 0.6 is 27.3 Å². The molecule has 0 radical (unpaired) electrons. The number of thiophene rings is 1. The highest BCUT2D eigenvalue weighted by atomic mass is 79.9. The summed E-state index contributed by atoms with van der Waals surface area (Å²) in [6.45, 7) is 7.76. The van der Waals surface area contributed by atoms with E-state index in [0.29, 0.717) is 0 Å². The summed E-state index contributed by atoms with van der Waals surface area (Å²) >= 11 is 5.27. The van der Waals surface area contributed by atoms with Gasteiger partial charge in [-0.15, -0.1) is 11.3 Å². The van der Waals surface area contributed by atoms with Crippen molar-refractivity contribution >= 4 is 27.3 Å². The molecule has 1 N–H and O–H groups in total. The SMILES string of the molecule is CCNCc1oc(CN(C)Cc2cc(Br)cs2)cc1C. The second kappa shape index (κ2) is 7.41. The molecule has 2 heterocycles. The van der Waals surface area contributed by atoms with Crippen LogP contribution in [0.15, 0.2) is 26.4 Å². The molecule has 0 unspecified atom stereocenters. The van der Waals surface area contributed by atoms with Crippen molar-refractivity contribution in [1.82, 2.24) is 10.2 Å². The highest BCUT2D eigenvalue weighted by Gasteiger charge is 2.10. The zero-order valence-corrected chi connectivity index (χ0v) is 14.6. The van der Waals surface area contributed by atoms with Crippen LogP contribution in [0.2, 0.25) is 0 Å². The van der Waals surface area contributed by atoms with Gasteiger partial charge in [0.1, 0.15) is 11.5 Å². The molecule has 0 saturated carbocycles. The summed E-state index contributed by atoms with van der Waals surface area (Å²) < 4.78 is 7.08. The van der Waals surface area contributed by atoms with Crippen LogP contribution in [0.1, 0.15) is 28.9 Å². The van der Waals surface area contributed by atoms with Crippen molar-refractivity contribution in [3.63, 3.8) is 0 Å². The van der Waals surface area contributed by atoms with Gasteiger partial charge in [0.25, 0.3) is 0 Å². The van der Waals surface area contributed by atoms with E-state index in [0.717, 1.165) is 42.2 Å². The van der Waals surface area contributed by atoms with Gasteiger partial charge in [0.15, 0.2) is 0 Å². The summed E-state index contributed by atoms with van der Waals surface area (Å²) in [5.41, 5.74) is 1.23. The molecule has 2 rings (SSSR count). The molecule has 20 heavy (non-hydrogen) atoms. The Morgan fingerprint density at radius 3 is 2.80 bits per heavy atom. The highest BCUT2D eigenvalue weighted by Crippen LogP contribution is 2.22. The predicted molar refractivity (Wildman–Crippen MR) is 88.0 cm³/mol. The Morgan fingerprint density at radius 2 is 2.15 bits per heavy atom. The van der Waals surface area contributed by atoms with Crippen LogP contribution in [0.25, 0.3) is 0 Å². The fourth-order valence-corrected chi connectivity index (χ4v) is 3.64. The smallest absolute Gasteiger partial charge is 0.120 e. The number of furan rings is 1. The number of hydrogen-bond acceptors (Lipinski definition) is 4. The Morgan fingerprint density at radius 1 is 1.35 bits per heavy atom. The Hall–Kier alpha value is -0.620. The molecule has 2 aromatic heterocycles. The zero-order chi connectivity index (χ0) is 14.5. The van der Waals surface area contributed by atoms with Crippen molar-refractivity contribution in [2.24, 2.45) is 0 Å². The first-order valence-corrected chi connectivity index (χ1v) is 8.46. The van der Waals surface area contributed by atoms with Gasteiger partial charge in [-0.05, 0) is 54.1 Å². The average Bonchev–Trinajstić information content (AvgIpc) is 2.93. The Bertz CT molecular complexity index is 550. The van der Waals surface area contributed by atoms with E-state index in [9.17, 15) is 0 Å². The van der Waals surface area contributed by atoms with E-state index in [1.54, 1.807) is 11.3 Å². The van der Waals surface area contributed by atoms with Crippen molar-refractivity contribution in [2.45, 2.75) is 33.5 Å². The molecule has 5 heteroatoms. The molecule has 0 aliphatic carbocycles. The zero-order valence-electron chi connectivity index (χ0n) is 12.2. The number of hydrogen-bond donors (Lipinski definition) is 1. The van der Waals surface area contributed by atoms with Gasteiger partial charge >= 0.3 is 0 Å². The third kappa shape index (κ3) is 4.45. The van der Waals surface area contributed by atoms with Crippen LogP contribution in [0.4, 0.5) is 0 Å². The maximum absolute atomic E-state index is 5.92. The van der Waals surface area contributed by atoms with E-state index in [-0.39, 0.29) is 0 Å². The van der Waals surface area contributed by atoms with E-state index in [1.807, 2.05) is 0 Å². The van der Waals surface area contributed by atoms with Gasteiger partial charge in [0, 0.05) is 21.3 Å². The molecule has 0 bridgehead atoms. The quantitative estimate of drug-likeness (QED) is 0.807. The molecule has 0 spiro atoms. The molecule has 2 aromatic rings. The largest absolute Gasteiger partial charge is 0.463 e. The lowest BCUT2D eigenvalue weighted by molar-refractivity contribution is 0.284. The summed E-state index contributed by atoms with van der Waals surface area (Å²) in [7, 11) is 2.12. The van der Waals surface area contributed by atoms with Crippen molar-refractivity contribution in [2.75, 3.05) is 13.6 Å². The first-order valence-electron chi connectivity index (χ1n) is 6.78. The van der Waals surface area contributed by atoms with Gasteiger partial charge in [0.2, 0.25) is 0 Å². The van der Waals surface area contributed by atoms with Crippen LogP contribution in [-0.4, -0.2) is 18.5 Å². The van der Waals surface area contributed by atoms with Gasteiger partial charge in [-0.3, -0.25) is 4.90 Å². The molecule has 0 aromatic carbocycles. The minimum absolute atomic E-state index is 0.809. The maximum Gasteiger partial charge on any atom is 0.120 e. The van der Waals surface area contributed by atoms with Gasteiger partial charge in [-0.1, -0.05) is 6.92 Å². The van der Waals surface area contributed by atoms with Crippen molar-refractivity contribution < 1.29 is 4.42 Å². The fraction of sp³-hybridized carbons (Fsp3) is 0.467. The van der Waals surface area contributed by atoms with Gasteiger partial charge in [0.05, 0.1) is 13.1 Å². The molecule has 0 saturated heterocycles. The van der Waals surface area contributed by atoms with E-state index < -0.39 is 0 Å². The minimum Gasteiger partial charge on any atom is -0.463 e. The van der Waals surface area contributed by atoms with Gasteiger partial charge < -0.3 is 9.73 Å². The lowest BCUT2D eigenvalue weighted by Crippen LogP contribution is -2.16. The summed E-state index contributed by atoms with van der Waals surface area (Å²) in [4.78, 5) is 3.63. The predicted octanol–water partition coefficient (Wildman–Crippen LogP) is 4.15. The van der Waals surface area contributed by atoms with Gasteiger partial charge in [-0.25, -0.2) is 0 Å². The van der Waals surface area contributed by atoms with Crippen LogP contribution in [0.3, 0.4) is 0 Å². The van der Waals surface area contributed by atoms with Crippen LogP contribution in [-0.2, 0) is 19.6 Å². The molecular formula is C15H21BrN2OS. The second-order valence-electron chi connectivity index (χ2n) is 5.00. The van der Waals surface area contributed by atoms with E-state index >= 15 is 0 Å². The Balaban J connectivity index is 1.92. The van der Waals surface area contributed by atoms with Gasteiger partial charge in [-0.2, -0.15) is 0 Å². The molecule has 0 amide bonds. The maximum atomic E-state index is 5.92. The standard InChI is InChI=1S/C15H21BrN2OS/c1-4-17-7-15-11(2)5-13(19-15)8-18(3)9-14-6-12(16)10-20-14/h5-6,10,17H,4,7-9H2,1-3H3. The lowest BCUT2D eigenvalue weighted by Gasteiger charge is -2.13. The monoisotopic (exact) mass is 356 g/mol. The molecule has 0 fully saturated rings. The normalized spacial score (nSPS) is 11.4. The van der Waals surface area contributed by atoms with Crippen molar-refractivity contribution in [3.05, 3.63) is 43.9 Å². The number of nitrogens with one attached hydrogen (secondary N) is 1. The summed E-state index contributed by atoms with van der Waals surface area (Å²) in [6, 6.07) is 4.32. The van der Waals surface area contributed by atoms with E-state index in [4.69, 9.17) is 4.42 Å². The fourth-order valence-electron chi connectivity index (χ4n) is 2.11. The summed E-state index contributed by atoms with van der Waals surface area (Å²) in [5, 5.41) is 5.42. The summed E-state index contributed by atoms with van der Waals surface area (Å²) in [6.07, 6.45) is 0. The molecule has 0 aliphatic rings.